The van der Waals surface area contributed by atoms with Gasteiger partial charge in [0.2, 0.25) is 0 Å². The van der Waals surface area contributed by atoms with Crippen molar-refractivity contribution in [3.63, 3.8) is 0 Å². The van der Waals surface area contributed by atoms with Gasteiger partial charge in [0, 0.05) is 29.8 Å². The molecular weight excluding hydrogens is 431 g/mol. The van der Waals surface area contributed by atoms with E-state index in [0.717, 1.165) is 22.6 Å². The number of halogens is 1. The number of rotatable bonds is 7. The summed E-state index contributed by atoms with van der Waals surface area (Å²) in [7, 11) is 3.23. The molecule has 6 nitrogen and oxygen atoms in total. The van der Waals surface area contributed by atoms with E-state index in [1.54, 1.807) is 24.8 Å². The van der Waals surface area contributed by atoms with E-state index >= 15 is 0 Å². The quantitative estimate of drug-likeness (QED) is 0.335. The highest BCUT2D eigenvalue weighted by molar-refractivity contribution is 5.70. The van der Waals surface area contributed by atoms with E-state index < -0.39 is 0 Å². The molecule has 0 aliphatic heterocycles. The average molecular weight is 455 g/mol. The van der Waals surface area contributed by atoms with Crippen LogP contribution >= 0.6 is 0 Å². The molecule has 5 aromatic rings. The van der Waals surface area contributed by atoms with Gasteiger partial charge in [-0.15, -0.1) is 0 Å². The van der Waals surface area contributed by atoms with E-state index in [9.17, 15) is 4.39 Å². The lowest BCUT2D eigenvalue weighted by molar-refractivity contribution is 0.354. The number of hydrogen-bond donors (Lipinski definition) is 1. The standard InChI is InChI=1S/C27H23FN4O2/c1-33-24-12-11-18(13-25(24)34-2)17-29-26-15-22(19-7-4-3-5-8-19)30-27-16-23(31-32(26)27)20-9-6-10-21(28)14-20/h3-16,29H,17H2,1-2H3. The van der Waals surface area contributed by atoms with Crippen LogP contribution in [0.2, 0.25) is 0 Å². The molecule has 3 aromatic carbocycles. The minimum atomic E-state index is -0.306. The van der Waals surface area contributed by atoms with Crippen molar-refractivity contribution < 1.29 is 13.9 Å². The number of aromatic nitrogens is 3. The Bertz CT molecular complexity index is 1450. The average Bonchev–Trinajstić information content (AvgIpc) is 3.32. The lowest BCUT2D eigenvalue weighted by Crippen LogP contribution is -2.07. The Labute approximate surface area is 196 Å². The summed E-state index contributed by atoms with van der Waals surface area (Å²) in [5.74, 6) is 1.80. The minimum absolute atomic E-state index is 0.306. The highest BCUT2D eigenvalue weighted by Crippen LogP contribution is 2.29. The molecule has 170 valence electrons. The molecule has 1 N–H and O–H groups in total. The second kappa shape index (κ2) is 9.23. The van der Waals surface area contributed by atoms with Crippen LogP contribution in [0.3, 0.4) is 0 Å². The van der Waals surface area contributed by atoms with Crippen molar-refractivity contribution in [3.05, 3.63) is 96.3 Å². The number of nitrogens with zero attached hydrogens (tertiary/aromatic N) is 3. The summed E-state index contributed by atoms with van der Waals surface area (Å²) in [5, 5.41) is 8.18. The third-order valence-corrected chi connectivity index (χ3v) is 5.54. The van der Waals surface area contributed by atoms with Gasteiger partial charge in [-0.1, -0.05) is 48.5 Å². The summed E-state index contributed by atoms with van der Waals surface area (Å²) in [6.07, 6.45) is 0. The van der Waals surface area contributed by atoms with Gasteiger partial charge in [0.25, 0.3) is 0 Å². The smallest absolute Gasteiger partial charge is 0.161 e. The van der Waals surface area contributed by atoms with Crippen LogP contribution in [0.25, 0.3) is 28.2 Å². The summed E-state index contributed by atoms with van der Waals surface area (Å²) in [4.78, 5) is 4.81. The number of ether oxygens (including phenoxy) is 2. The van der Waals surface area contributed by atoms with Crippen molar-refractivity contribution in [2.45, 2.75) is 6.54 Å². The molecule has 0 bridgehead atoms. The summed E-state index contributed by atoms with van der Waals surface area (Å²) in [6, 6.07) is 26.0. The summed E-state index contributed by atoms with van der Waals surface area (Å²) in [6.45, 7) is 0.531. The Morgan fingerprint density at radius 2 is 1.59 bits per heavy atom. The fraction of sp³-hybridized carbons (Fsp3) is 0.111. The Morgan fingerprint density at radius 3 is 2.35 bits per heavy atom. The fourth-order valence-electron chi connectivity index (χ4n) is 3.83. The second-order valence-corrected chi connectivity index (χ2v) is 7.75. The van der Waals surface area contributed by atoms with Crippen molar-refractivity contribution >= 4 is 11.5 Å². The monoisotopic (exact) mass is 454 g/mol. The van der Waals surface area contributed by atoms with Gasteiger partial charge in [0.1, 0.15) is 11.6 Å². The van der Waals surface area contributed by atoms with Gasteiger partial charge in [-0.05, 0) is 29.8 Å². The zero-order chi connectivity index (χ0) is 23.5. The Morgan fingerprint density at radius 1 is 0.794 bits per heavy atom. The van der Waals surface area contributed by atoms with E-state index in [-0.39, 0.29) is 5.82 Å². The van der Waals surface area contributed by atoms with Crippen molar-refractivity contribution in [1.29, 1.82) is 0 Å². The molecule has 2 aromatic heterocycles. The number of fused-ring (bicyclic) bond motifs is 1. The summed E-state index contributed by atoms with van der Waals surface area (Å²) >= 11 is 0. The van der Waals surface area contributed by atoms with Gasteiger partial charge in [-0.2, -0.15) is 9.61 Å². The van der Waals surface area contributed by atoms with Crippen molar-refractivity contribution in [3.8, 4) is 34.0 Å². The van der Waals surface area contributed by atoms with E-state index in [4.69, 9.17) is 19.6 Å². The largest absolute Gasteiger partial charge is 0.493 e. The topological polar surface area (TPSA) is 60.7 Å². The summed E-state index contributed by atoms with van der Waals surface area (Å²) < 4.78 is 26.3. The fourth-order valence-corrected chi connectivity index (χ4v) is 3.83. The highest BCUT2D eigenvalue weighted by atomic mass is 19.1. The Balaban J connectivity index is 1.56. The molecule has 0 unspecified atom stereocenters. The Hall–Kier alpha value is -4.39. The number of methoxy groups -OCH3 is 2. The first-order chi connectivity index (χ1) is 16.6. The lowest BCUT2D eigenvalue weighted by atomic mass is 10.1. The normalized spacial score (nSPS) is 10.9. The van der Waals surface area contributed by atoms with Gasteiger partial charge < -0.3 is 14.8 Å². The lowest BCUT2D eigenvalue weighted by Gasteiger charge is -2.13. The number of benzene rings is 3. The first kappa shape index (κ1) is 21.5. The molecule has 0 saturated carbocycles. The molecule has 0 aliphatic carbocycles. The minimum Gasteiger partial charge on any atom is -0.493 e. The molecule has 0 atom stereocenters. The van der Waals surface area contributed by atoms with Crippen LogP contribution in [0, 0.1) is 5.82 Å². The van der Waals surface area contributed by atoms with E-state index in [2.05, 4.69) is 5.32 Å². The first-order valence-corrected chi connectivity index (χ1v) is 10.8. The first-order valence-electron chi connectivity index (χ1n) is 10.8. The maximum Gasteiger partial charge on any atom is 0.161 e. The maximum atomic E-state index is 13.8. The second-order valence-electron chi connectivity index (χ2n) is 7.75. The molecule has 7 heteroatoms. The van der Waals surface area contributed by atoms with Gasteiger partial charge in [-0.3, -0.25) is 0 Å². The summed E-state index contributed by atoms with van der Waals surface area (Å²) in [5.41, 5.74) is 4.82. The van der Waals surface area contributed by atoms with E-state index in [1.165, 1.54) is 12.1 Å². The van der Waals surface area contributed by atoms with Gasteiger partial charge in [-0.25, -0.2) is 9.37 Å². The molecule has 0 fully saturated rings. The number of anilines is 1. The van der Waals surface area contributed by atoms with Crippen LogP contribution < -0.4 is 14.8 Å². The van der Waals surface area contributed by atoms with Crippen molar-refractivity contribution in [2.24, 2.45) is 0 Å². The van der Waals surface area contributed by atoms with Crippen LogP contribution in [0.4, 0.5) is 10.2 Å². The number of hydrogen-bond acceptors (Lipinski definition) is 5. The predicted octanol–water partition coefficient (Wildman–Crippen LogP) is 5.83. The van der Waals surface area contributed by atoms with Crippen LogP contribution in [-0.2, 0) is 6.54 Å². The highest BCUT2D eigenvalue weighted by Gasteiger charge is 2.13. The molecule has 0 spiro atoms. The van der Waals surface area contributed by atoms with Crippen LogP contribution in [0.5, 0.6) is 11.5 Å². The van der Waals surface area contributed by atoms with Crippen molar-refractivity contribution in [2.75, 3.05) is 19.5 Å². The maximum absolute atomic E-state index is 13.8. The molecular formula is C27H23FN4O2. The van der Waals surface area contributed by atoms with E-state index in [1.807, 2.05) is 66.7 Å². The van der Waals surface area contributed by atoms with Crippen LogP contribution in [0.15, 0.2) is 84.9 Å². The Kier molecular flexibility index (Phi) is 5.82. The van der Waals surface area contributed by atoms with E-state index in [0.29, 0.717) is 34.9 Å². The molecule has 0 aliphatic rings. The van der Waals surface area contributed by atoms with Crippen LogP contribution in [0.1, 0.15) is 5.56 Å². The SMILES string of the molecule is COc1ccc(CNc2cc(-c3ccccc3)nc3cc(-c4cccc(F)c4)nn23)cc1OC. The third-order valence-electron chi connectivity index (χ3n) is 5.54. The van der Waals surface area contributed by atoms with Crippen molar-refractivity contribution in [1.82, 2.24) is 14.6 Å². The zero-order valence-corrected chi connectivity index (χ0v) is 18.8. The third kappa shape index (κ3) is 4.28. The van der Waals surface area contributed by atoms with Gasteiger partial charge in [0.15, 0.2) is 17.1 Å². The van der Waals surface area contributed by atoms with Crippen LogP contribution in [-0.4, -0.2) is 28.8 Å². The predicted molar refractivity (Wildman–Crippen MR) is 131 cm³/mol. The zero-order valence-electron chi connectivity index (χ0n) is 18.8. The molecule has 5 rings (SSSR count). The molecule has 0 amide bonds. The number of nitrogens with one attached hydrogen (secondary N) is 1. The van der Waals surface area contributed by atoms with Gasteiger partial charge in [0.05, 0.1) is 25.6 Å². The molecule has 34 heavy (non-hydrogen) atoms. The molecule has 0 radical (unpaired) electrons. The molecule has 0 saturated heterocycles. The van der Waals surface area contributed by atoms with Gasteiger partial charge >= 0.3 is 0 Å². The molecule has 2 heterocycles.